The second-order valence-corrected chi connectivity index (χ2v) is 3.82. The Kier molecular flexibility index (Phi) is 8.00. The number of hydrogen-bond acceptors (Lipinski definition) is 2. The van der Waals surface area contributed by atoms with Crippen molar-refractivity contribution in [3.63, 3.8) is 0 Å². The van der Waals surface area contributed by atoms with Crippen molar-refractivity contribution in [2.45, 2.75) is 46.5 Å². The molecule has 0 spiro atoms. The minimum Gasteiger partial charge on any atom is -0.373 e. The van der Waals surface area contributed by atoms with E-state index in [0.717, 1.165) is 6.61 Å². The first kappa shape index (κ1) is 12.6. The van der Waals surface area contributed by atoms with E-state index in [1.54, 1.807) is 6.92 Å². The molecular weight excluding hydrogens is 164 g/mol. The van der Waals surface area contributed by atoms with Crippen LogP contribution in [-0.4, -0.2) is 19.0 Å². The molecule has 0 N–H and O–H groups in total. The van der Waals surface area contributed by atoms with Gasteiger partial charge in [0.25, 0.3) is 0 Å². The molecular formula is C11H22O2. The monoisotopic (exact) mass is 186 g/mol. The molecule has 0 aromatic carbocycles. The van der Waals surface area contributed by atoms with E-state index < -0.39 is 0 Å². The van der Waals surface area contributed by atoms with E-state index in [4.69, 9.17) is 4.74 Å². The first-order chi connectivity index (χ1) is 6.16. The normalized spacial score (nSPS) is 12.8. The van der Waals surface area contributed by atoms with Crippen LogP contribution in [0.2, 0.25) is 0 Å². The fourth-order valence-electron chi connectivity index (χ4n) is 1.23. The zero-order valence-electron chi connectivity index (χ0n) is 9.14. The summed E-state index contributed by atoms with van der Waals surface area (Å²) in [6.45, 7) is 6.94. The predicted molar refractivity (Wildman–Crippen MR) is 54.8 cm³/mol. The molecule has 13 heavy (non-hydrogen) atoms. The Balaban J connectivity index is 3.19. The van der Waals surface area contributed by atoms with E-state index >= 15 is 0 Å². The van der Waals surface area contributed by atoms with Crippen LogP contribution in [0.15, 0.2) is 0 Å². The molecule has 0 saturated carbocycles. The van der Waals surface area contributed by atoms with Gasteiger partial charge in [0.15, 0.2) is 5.78 Å². The molecule has 0 rings (SSSR count). The minimum absolute atomic E-state index is 0.112. The predicted octanol–water partition coefficient (Wildman–Crippen LogP) is 2.81. The molecule has 0 fully saturated rings. The third-order valence-electron chi connectivity index (χ3n) is 2.01. The second-order valence-electron chi connectivity index (χ2n) is 3.82. The molecule has 1 unspecified atom stereocenters. The fourth-order valence-corrected chi connectivity index (χ4v) is 1.23. The van der Waals surface area contributed by atoms with Gasteiger partial charge >= 0.3 is 0 Å². The second kappa shape index (κ2) is 8.24. The summed E-state index contributed by atoms with van der Waals surface area (Å²) >= 11 is 0. The number of ketones is 1. The molecule has 1 atom stereocenters. The number of hydrogen-bond donors (Lipinski definition) is 0. The summed E-state index contributed by atoms with van der Waals surface area (Å²) in [4.78, 5) is 10.6. The summed E-state index contributed by atoms with van der Waals surface area (Å²) in [5.74, 6) is 0.701. The zero-order chi connectivity index (χ0) is 10.1. The third kappa shape index (κ3) is 9.54. The Hall–Kier alpha value is -0.370. The van der Waals surface area contributed by atoms with Gasteiger partial charge in [0.2, 0.25) is 0 Å². The standard InChI is InChI=1S/C11H22O2/c1-4-5-6-7-10(2)8-13-9-11(3)12/h10H,4-9H2,1-3H3. The Morgan fingerprint density at radius 1 is 1.38 bits per heavy atom. The highest BCUT2D eigenvalue weighted by atomic mass is 16.5. The molecule has 2 heteroatoms. The Labute approximate surface area is 81.7 Å². The lowest BCUT2D eigenvalue weighted by molar-refractivity contribution is -0.121. The summed E-state index contributed by atoms with van der Waals surface area (Å²) in [6, 6.07) is 0. The van der Waals surface area contributed by atoms with Crippen LogP contribution in [0.5, 0.6) is 0 Å². The summed E-state index contributed by atoms with van der Waals surface area (Å²) in [5, 5.41) is 0. The van der Waals surface area contributed by atoms with E-state index in [1.807, 2.05) is 0 Å². The van der Waals surface area contributed by atoms with Crippen molar-refractivity contribution in [2.24, 2.45) is 5.92 Å². The number of Topliss-reactive ketones (excluding diaryl/α,β-unsaturated/α-hetero) is 1. The Bertz CT molecular complexity index is 132. The number of rotatable bonds is 8. The van der Waals surface area contributed by atoms with Gasteiger partial charge in [-0.3, -0.25) is 4.79 Å². The van der Waals surface area contributed by atoms with Crippen molar-refractivity contribution in [1.29, 1.82) is 0 Å². The fraction of sp³-hybridized carbons (Fsp3) is 0.909. The largest absolute Gasteiger partial charge is 0.373 e. The van der Waals surface area contributed by atoms with Gasteiger partial charge in [-0.05, 0) is 19.3 Å². The van der Waals surface area contributed by atoms with E-state index in [0.29, 0.717) is 5.92 Å². The van der Waals surface area contributed by atoms with Crippen LogP contribution < -0.4 is 0 Å². The lowest BCUT2D eigenvalue weighted by Gasteiger charge is -2.10. The van der Waals surface area contributed by atoms with Crippen LogP contribution in [0.25, 0.3) is 0 Å². The minimum atomic E-state index is 0.112. The van der Waals surface area contributed by atoms with E-state index in [2.05, 4.69) is 13.8 Å². The van der Waals surface area contributed by atoms with Crippen LogP contribution >= 0.6 is 0 Å². The van der Waals surface area contributed by atoms with Crippen molar-refractivity contribution in [2.75, 3.05) is 13.2 Å². The van der Waals surface area contributed by atoms with Crippen molar-refractivity contribution in [1.82, 2.24) is 0 Å². The number of carbonyl (C=O) groups is 1. The number of carbonyl (C=O) groups excluding carboxylic acids is 1. The molecule has 0 saturated heterocycles. The van der Waals surface area contributed by atoms with Gasteiger partial charge in [0, 0.05) is 6.61 Å². The van der Waals surface area contributed by atoms with Gasteiger partial charge in [0.1, 0.15) is 6.61 Å². The zero-order valence-corrected chi connectivity index (χ0v) is 9.14. The first-order valence-electron chi connectivity index (χ1n) is 5.24. The number of ether oxygens (including phenoxy) is 1. The molecule has 0 aromatic rings. The molecule has 0 radical (unpaired) electrons. The lowest BCUT2D eigenvalue weighted by atomic mass is 10.0. The maximum atomic E-state index is 10.6. The molecule has 0 heterocycles. The maximum absolute atomic E-state index is 10.6. The summed E-state index contributed by atoms with van der Waals surface area (Å²) < 4.78 is 5.24. The molecule has 0 amide bonds. The van der Waals surface area contributed by atoms with E-state index in [-0.39, 0.29) is 12.4 Å². The van der Waals surface area contributed by atoms with E-state index in [1.165, 1.54) is 25.7 Å². The van der Waals surface area contributed by atoms with Crippen LogP contribution in [0.1, 0.15) is 46.5 Å². The SMILES string of the molecule is CCCCCC(C)COCC(C)=O. The average molecular weight is 186 g/mol. The first-order valence-corrected chi connectivity index (χ1v) is 5.24. The molecule has 0 aliphatic carbocycles. The van der Waals surface area contributed by atoms with Crippen LogP contribution in [0.4, 0.5) is 0 Å². The van der Waals surface area contributed by atoms with Crippen molar-refractivity contribution < 1.29 is 9.53 Å². The molecule has 0 aliphatic rings. The quantitative estimate of drug-likeness (QED) is 0.545. The summed E-state index contributed by atoms with van der Waals surface area (Å²) in [6.07, 6.45) is 5.06. The van der Waals surface area contributed by atoms with Gasteiger partial charge in [0.05, 0.1) is 0 Å². The van der Waals surface area contributed by atoms with Crippen molar-refractivity contribution >= 4 is 5.78 Å². The molecule has 0 bridgehead atoms. The van der Waals surface area contributed by atoms with Gasteiger partial charge in [-0.15, -0.1) is 0 Å². The van der Waals surface area contributed by atoms with Crippen LogP contribution in [0.3, 0.4) is 0 Å². The van der Waals surface area contributed by atoms with Crippen LogP contribution in [0, 0.1) is 5.92 Å². The molecule has 0 aromatic heterocycles. The molecule has 78 valence electrons. The third-order valence-corrected chi connectivity index (χ3v) is 2.01. The number of unbranched alkanes of at least 4 members (excludes halogenated alkanes) is 2. The highest BCUT2D eigenvalue weighted by Gasteiger charge is 2.02. The summed E-state index contributed by atoms with van der Waals surface area (Å²) in [7, 11) is 0. The average Bonchev–Trinajstić information content (AvgIpc) is 2.04. The van der Waals surface area contributed by atoms with Crippen molar-refractivity contribution in [3.05, 3.63) is 0 Å². The topological polar surface area (TPSA) is 26.3 Å². The van der Waals surface area contributed by atoms with Gasteiger partial charge in [-0.2, -0.15) is 0 Å². The lowest BCUT2D eigenvalue weighted by Crippen LogP contribution is -2.10. The Morgan fingerprint density at radius 2 is 2.08 bits per heavy atom. The molecule has 2 nitrogen and oxygen atoms in total. The van der Waals surface area contributed by atoms with Crippen molar-refractivity contribution in [3.8, 4) is 0 Å². The smallest absolute Gasteiger partial charge is 0.155 e. The summed E-state index contributed by atoms with van der Waals surface area (Å²) in [5.41, 5.74) is 0. The van der Waals surface area contributed by atoms with E-state index in [9.17, 15) is 4.79 Å². The Morgan fingerprint density at radius 3 is 2.62 bits per heavy atom. The highest BCUT2D eigenvalue weighted by molar-refractivity contribution is 5.76. The van der Waals surface area contributed by atoms with Gasteiger partial charge in [-0.25, -0.2) is 0 Å². The maximum Gasteiger partial charge on any atom is 0.155 e. The van der Waals surface area contributed by atoms with Gasteiger partial charge in [-0.1, -0.05) is 33.1 Å². The van der Waals surface area contributed by atoms with Gasteiger partial charge < -0.3 is 4.74 Å². The molecule has 0 aliphatic heterocycles. The highest BCUT2D eigenvalue weighted by Crippen LogP contribution is 2.09. The van der Waals surface area contributed by atoms with Crippen LogP contribution in [-0.2, 0) is 9.53 Å².